The van der Waals surface area contributed by atoms with Crippen LogP contribution in [0, 0.1) is 0 Å². The number of fused-ring (bicyclic) bond motifs is 1. The van der Waals surface area contributed by atoms with Crippen LogP contribution >= 0.6 is 11.6 Å². The summed E-state index contributed by atoms with van der Waals surface area (Å²) < 4.78 is 1.84. The Hall–Kier alpha value is -2.67. The van der Waals surface area contributed by atoms with E-state index in [1.807, 2.05) is 28.8 Å². The van der Waals surface area contributed by atoms with Gasteiger partial charge in [-0.05, 0) is 18.1 Å². The van der Waals surface area contributed by atoms with Gasteiger partial charge in [0.1, 0.15) is 6.33 Å². The van der Waals surface area contributed by atoms with Gasteiger partial charge >= 0.3 is 0 Å². The fourth-order valence-electron chi connectivity index (χ4n) is 3.13. The molecule has 1 saturated heterocycles. The number of amides is 1. The Morgan fingerprint density at radius 1 is 1.36 bits per heavy atom. The quantitative estimate of drug-likeness (QED) is 0.770. The molecule has 4 rings (SSSR count). The van der Waals surface area contributed by atoms with Crippen LogP contribution in [0.3, 0.4) is 0 Å². The average Bonchev–Trinajstić information content (AvgIpc) is 3.25. The maximum atomic E-state index is 12.3. The molecule has 0 saturated carbocycles. The number of rotatable bonds is 4. The van der Waals surface area contributed by atoms with Crippen LogP contribution in [0.25, 0.3) is 5.65 Å². The Kier molecular flexibility index (Phi) is 4.23. The van der Waals surface area contributed by atoms with Crippen LogP contribution in [0.15, 0.2) is 43.0 Å². The van der Waals surface area contributed by atoms with Gasteiger partial charge in [0.2, 0.25) is 11.6 Å². The van der Waals surface area contributed by atoms with Gasteiger partial charge in [-0.2, -0.15) is 0 Å². The van der Waals surface area contributed by atoms with Crippen LogP contribution in [0.5, 0.6) is 0 Å². The molecule has 3 heterocycles. The first-order valence-corrected chi connectivity index (χ1v) is 8.50. The normalized spacial score (nSPS) is 17.2. The Bertz CT molecular complexity index is 911. The summed E-state index contributed by atoms with van der Waals surface area (Å²) in [6.45, 7) is 1.52. The lowest BCUT2D eigenvalue weighted by Crippen LogP contribution is -2.38. The molecule has 1 N–H and O–H groups in total. The van der Waals surface area contributed by atoms with Gasteiger partial charge in [-0.1, -0.05) is 29.8 Å². The van der Waals surface area contributed by atoms with E-state index in [4.69, 9.17) is 11.6 Å². The van der Waals surface area contributed by atoms with E-state index in [1.165, 1.54) is 0 Å². The van der Waals surface area contributed by atoms with Crippen molar-refractivity contribution in [2.75, 3.05) is 18.0 Å². The van der Waals surface area contributed by atoms with Gasteiger partial charge in [-0.15, -0.1) is 10.2 Å². The van der Waals surface area contributed by atoms with Crippen molar-refractivity contribution in [2.45, 2.75) is 18.9 Å². The Morgan fingerprint density at radius 2 is 2.24 bits per heavy atom. The largest absolute Gasteiger partial charge is 0.351 e. The molecule has 2 aromatic heterocycles. The average molecular weight is 357 g/mol. The van der Waals surface area contributed by atoms with E-state index in [0.29, 0.717) is 11.6 Å². The summed E-state index contributed by atoms with van der Waals surface area (Å²) in [6.07, 6.45) is 6.35. The van der Waals surface area contributed by atoms with Crippen molar-refractivity contribution in [3.8, 4) is 0 Å². The summed E-state index contributed by atoms with van der Waals surface area (Å²) in [5.41, 5.74) is 1.57. The van der Waals surface area contributed by atoms with Gasteiger partial charge in [0.15, 0.2) is 5.82 Å². The number of aromatic nitrogens is 4. The highest BCUT2D eigenvalue weighted by Gasteiger charge is 2.26. The highest BCUT2D eigenvalue weighted by molar-refractivity contribution is 6.31. The number of anilines is 1. The molecule has 1 aromatic carbocycles. The summed E-state index contributed by atoms with van der Waals surface area (Å²) in [7, 11) is 0. The number of halogens is 1. The SMILES string of the molecule is O=C(Cc1ccccc1Cl)N[C@@H]1CCN(c2nccn3cnnc23)C1. The minimum absolute atomic E-state index is 0.0198. The van der Waals surface area contributed by atoms with Gasteiger partial charge in [-0.3, -0.25) is 9.20 Å². The summed E-state index contributed by atoms with van der Waals surface area (Å²) in [5, 5.41) is 11.7. The molecule has 0 radical (unpaired) electrons. The molecule has 0 unspecified atom stereocenters. The number of nitrogens with zero attached hydrogens (tertiary/aromatic N) is 5. The first kappa shape index (κ1) is 15.8. The van der Waals surface area contributed by atoms with Crippen LogP contribution in [0.1, 0.15) is 12.0 Å². The number of hydrogen-bond donors (Lipinski definition) is 1. The summed E-state index contributed by atoms with van der Waals surface area (Å²) >= 11 is 6.12. The van der Waals surface area contributed by atoms with Crippen molar-refractivity contribution in [2.24, 2.45) is 0 Å². The van der Waals surface area contributed by atoms with Crippen LogP contribution in [-0.4, -0.2) is 44.6 Å². The number of benzene rings is 1. The Morgan fingerprint density at radius 3 is 3.12 bits per heavy atom. The molecule has 7 nitrogen and oxygen atoms in total. The molecular formula is C17H17ClN6O. The first-order valence-electron chi connectivity index (χ1n) is 8.13. The van der Waals surface area contributed by atoms with Gasteiger partial charge in [0.05, 0.1) is 6.42 Å². The molecule has 1 aliphatic heterocycles. The van der Waals surface area contributed by atoms with Crippen molar-refractivity contribution in [3.63, 3.8) is 0 Å². The summed E-state index contributed by atoms with van der Waals surface area (Å²) in [5.74, 6) is 0.774. The van der Waals surface area contributed by atoms with E-state index in [-0.39, 0.29) is 18.4 Å². The molecule has 128 valence electrons. The third kappa shape index (κ3) is 3.28. The molecule has 1 aliphatic rings. The molecule has 1 amide bonds. The lowest BCUT2D eigenvalue weighted by Gasteiger charge is -2.18. The summed E-state index contributed by atoms with van der Waals surface area (Å²) in [4.78, 5) is 18.9. The first-order chi connectivity index (χ1) is 12.2. The van der Waals surface area contributed by atoms with Crippen LogP contribution in [0.4, 0.5) is 5.82 Å². The zero-order valence-corrected chi connectivity index (χ0v) is 14.2. The Labute approximate surface area is 149 Å². The third-order valence-electron chi connectivity index (χ3n) is 4.36. The smallest absolute Gasteiger partial charge is 0.224 e. The van der Waals surface area contributed by atoms with E-state index < -0.39 is 0 Å². The number of nitrogens with one attached hydrogen (secondary N) is 1. The van der Waals surface area contributed by atoms with Crippen LogP contribution in [0.2, 0.25) is 5.02 Å². The predicted octanol–water partition coefficient (Wildman–Crippen LogP) is 1.72. The predicted molar refractivity (Wildman–Crippen MR) is 94.7 cm³/mol. The third-order valence-corrected chi connectivity index (χ3v) is 4.73. The van der Waals surface area contributed by atoms with Crippen molar-refractivity contribution < 1.29 is 4.79 Å². The molecule has 25 heavy (non-hydrogen) atoms. The molecule has 0 aliphatic carbocycles. The lowest BCUT2D eigenvalue weighted by molar-refractivity contribution is -0.121. The van der Waals surface area contributed by atoms with Gasteiger partial charge < -0.3 is 10.2 Å². The van der Waals surface area contributed by atoms with Crippen molar-refractivity contribution in [1.29, 1.82) is 0 Å². The maximum absolute atomic E-state index is 12.3. The van der Waals surface area contributed by atoms with Gasteiger partial charge in [0, 0.05) is 36.5 Å². The number of hydrogen-bond acceptors (Lipinski definition) is 5. The van der Waals surface area contributed by atoms with Crippen molar-refractivity contribution in [3.05, 3.63) is 53.6 Å². The topological polar surface area (TPSA) is 75.4 Å². The monoisotopic (exact) mass is 356 g/mol. The second kappa shape index (κ2) is 6.68. The molecule has 8 heteroatoms. The molecular weight excluding hydrogens is 340 g/mol. The highest BCUT2D eigenvalue weighted by Crippen LogP contribution is 2.22. The molecule has 3 aromatic rings. The molecule has 0 bridgehead atoms. The van der Waals surface area contributed by atoms with E-state index in [9.17, 15) is 4.79 Å². The second-order valence-corrected chi connectivity index (χ2v) is 6.49. The van der Waals surface area contributed by atoms with Crippen molar-refractivity contribution in [1.82, 2.24) is 24.9 Å². The number of carbonyl (C=O) groups excluding carboxylic acids is 1. The molecule has 1 fully saturated rings. The van der Waals surface area contributed by atoms with Crippen LogP contribution < -0.4 is 10.2 Å². The van der Waals surface area contributed by atoms with Crippen molar-refractivity contribution >= 4 is 29.0 Å². The second-order valence-electron chi connectivity index (χ2n) is 6.08. The van der Waals surface area contributed by atoms with Gasteiger partial charge in [0.25, 0.3) is 0 Å². The summed E-state index contributed by atoms with van der Waals surface area (Å²) in [6, 6.07) is 7.50. The number of carbonyl (C=O) groups is 1. The minimum atomic E-state index is -0.0198. The Balaban J connectivity index is 1.40. The van der Waals surface area contributed by atoms with Gasteiger partial charge in [-0.25, -0.2) is 4.98 Å². The lowest BCUT2D eigenvalue weighted by atomic mass is 10.1. The fourth-order valence-corrected chi connectivity index (χ4v) is 3.33. The fraction of sp³-hybridized carbons (Fsp3) is 0.294. The van der Waals surface area contributed by atoms with E-state index in [2.05, 4.69) is 25.4 Å². The van der Waals surface area contributed by atoms with E-state index >= 15 is 0 Å². The minimum Gasteiger partial charge on any atom is -0.351 e. The maximum Gasteiger partial charge on any atom is 0.224 e. The standard InChI is InChI=1S/C17H17ClN6O/c18-14-4-2-1-3-12(14)9-15(25)21-13-5-7-23(10-13)16-17-22-20-11-24(17)8-6-19-16/h1-4,6,8,11,13H,5,7,9-10H2,(H,21,25)/t13-/m1/s1. The van der Waals surface area contributed by atoms with E-state index in [0.717, 1.165) is 30.0 Å². The van der Waals surface area contributed by atoms with Crippen LogP contribution in [-0.2, 0) is 11.2 Å². The molecule has 1 atom stereocenters. The molecule has 0 spiro atoms. The van der Waals surface area contributed by atoms with E-state index in [1.54, 1.807) is 18.6 Å². The zero-order valence-electron chi connectivity index (χ0n) is 13.5. The highest BCUT2D eigenvalue weighted by atomic mass is 35.5. The zero-order chi connectivity index (χ0) is 17.2.